The Balaban J connectivity index is 3.84. The number of hydrogen-bond acceptors (Lipinski definition) is 4. The molecule has 0 unspecified atom stereocenters. The van der Waals surface area contributed by atoms with Gasteiger partial charge in [0.15, 0.2) is 0 Å². The van der Waals surface area contributed by atoms with Crippen LogP contribution in [0.1, 0.15) is 79.1 Å². The molecule has 0 aromatic rings. The fraction of sp³-hybridized carbons (Fsp3) is 0.750. The lowest BCUT2D eigenvalue weighted by atomic mass is 10.2. The SMILES string of the molecule is CCC(CC)=NNC(=O)CCCCC(=O)NN=C(CC)CC. The number of hydrazone groups is 2. The van der Waals surface area contributed by atoms with E-state index in [9.17, 15) is 9.59 Å². The van der Waals surface area contributed by atoms with Crippen molar-refractivity contribution in [2.45, 2.75) is 79.1 Å². The molecule has 2 N–H and O–H groups in total. The molecule has 0 heterocycles. The molecule has 6 nitrogen and oxygen atoms in total. The van der Waals surface area contributed by atoms with Crippen LogP contribution in [0.25, 0.3) is 0 Å². The molecule has 0 radical (unpaired) electrons. The molecular weight excluding hydrogens is 280 g/mol. The summed E-state index contributed by atoms with van der Waals surface area (Å²) >= 11 is 0. The van der Waals surface area contributed by atoms with Gasteiger partial charge in [-0.05, 0) is 38.5 Å². The third-order valence-corrected chi connectivity index (χ3v) is 3.37. The van der Waals surface area contributed by atoms with Gasteiger partial charge in [-0.1, -0.05) is 27.7 Å². The Kier molecular flexibility index (Phi) is 12.0. The molecule has 0 spiro atoms. The third-order valence-electron chi connectivity index (χ3n) is 3.37. The van der Waals surface area contributed by atoms with Gasteiger partial charge in [0.1, 0.15) is 0 Å². The molecule has 6 heteroatoms. The zero-order chi connectivity index (χ0) is 16.8. The number of hydrogen-bond donors (Lipinski definition) is 2. The highest BCUT2D eigenvalue weighted by Gasteiger charge is 2.04. The van der Waals surface area contributed by atoms with Crippen molar-refractivity contribution in [2.75, 3.05) is 0 Å². The summed E-state index contributed by atoms with van der Waals surface area (Å²) < 4.78 is 0. The third kappa shape index (κ3) is 10.1. The van der Waals surface area contributed by atoms with Gasteiger partial charge in [-0.15, -0.1) is 0 Å². The maximum absolute atomic E-state index is 11.6. The minimum atomic E-state index is -0.0999. The monoisotopic (exact) mass is 310 g/mol. The first-order chi connectivity index (χ1) is 10.6. The van der Waals surface area contributed by atoms with Crippen LogP contribution in [0.3, 0.4) is 0 Å². The molecule has 0 bridgehead atoms. The van der Waals surface area contributed by atoms with Gasteiger partial charge >= 0.3 is 0 Å². The van der Waals surface area contributed by atoms with Gasteiger partial charge in [-0.25, -0.2) is 10.9 Å². The highest BCUT2D eigenvalue weighted by atomic mass is 16.2. The minimum Gasteiger partial charge on any atom is -0.273 e. The first-order valence-corrected chi connectivity index (χ1v) is 8.25. The van der Waals surface area contributed by atoms with Crippen LogP contribution in [0.4, 0.5) is 0 Å². The number of carbonyl (C=O) groups excluding carboxylic acids is 2. The molecule has 0 rings (SSSR count). The van der Waals surface area contributed by atoms with Crippen LogP contribution < -0.4 is 10.9 Å². The van der Waals surface area contributed by atoms with E-state index in [2.05, 4.69) is 21.1 Å². The molecule has 0 fully saturated rings. The average Bonchev–Trinajstić information content (AvgIpc) is 2.53. The largest absolute Gasteiger partial charge is 0.273 e. The van der Waals surface area contributed by atoms with Gasteiger partial charge < -0.3 is 0 Å². The maximum atomic E-state index is 11.6. The second-order valence-electron chi connectivity index (χ2n) is 5.05. The van der Waals surface area contributed by atoms with Crippen LogP contribution in [0.2, 0.25) is 0 Å². The van der Waals surface area contributed by atoms with Crippen LogP contribution >= 0.6 is 0 Å². The summed E-state index contributed by atoms with van der Waals surface area (Å²) in [6, 6.07) is 0. The number of unbranched alkanes of at least 4 members (excludes halogenated alkanes) is 1. The van der Waals surface area contributed by atoms with Crippen molar-refractivity contribution in [3.05, 3.63) is 0 Å². The molecule has 0 aliphatic carbocycles. The van der Waals surface area contributed by atoms with Crippen LogP contribution in [-0.2, 0) is 9.59 Å². The van der Waals surface area contributed by atoms with Crippen molar-refractivity contribution in [1.82, 2.24) is 10.9 Å². The first-order valence-electron chi connectivity index (χ1n) is 8.25. The van der Waals surface area contributed by atoms with E-state index >= 15 is 0 Å². The lowest BCUT2D eigenvalue weighted by Crippen LogP contribution is -2.20. The average molecular weight is 310 g/mol. The predicted molar refractivity (Wildman–Crippen MR) is 90.8 cm³/mol. The van der Waals surface area contributed by atoms with Crippen LogP contribution in [0.15, 0.2) is 10.2 Å². The van der Waals surface area contributed by atoms with E-state index in [4.69, 9.17) is 0 Å². The molecular formula is C16H30N4O2. The Bertz CT molecular complexity index is 353. The van der Waals surface area contributed by atoms with Gasteiger partial charge in [0.05, 0.1) is 0 Å². The Labute approximate surface area is 133 Å². The number of carbonyl (C=O) groups is 2. The summed E-state index contributed by atoms with van der Waals surface area (Å²) in [6.07, 6.45) is 5.47. The fourth-order valence-corrected chi connectivity index (χ4v) is 1.78. The second-order valence-corrected chi connectivity index (χ2v) is 5.05. The lowest BCUT2D eigenvalue weighted by molar-refractivity contribution is -0.123. The second kappa shape index (κ2) is 13.0. The molecule has 2 amide bonds. The highest BCUT2D eigenvalue weighted by Crippen LogP contribution is 2.00. The molecule has 0 saturated carbocycles. The van der Waals surface area contributed by atoms with E-state index in [1.165, 1.54) is 0 Å². The smallest absolute Gasteiger partial charge is 0.240 e. The summed E-state index contributed by atoms with van der Waals surface area (Å²) in [5.41, 5.74) is 7.07. The van der Waals surface area contributed by atoms with Crippen LogP contribution in [-0.4, -0.2) is 23.2 Å². The quantitative estimate of drug-likeness (QED) is 0.349. The van der Waals surface area contributed by atoms with Gasteiger partial charge in [-0.3, -0.25) is 9.59 Å². The highest BCUT2D eigenvalue weighted by molar-refractivity contribution is 5.86. The molecule has 22 heavy (non-hydrogen) atoms. The summed E-state index contributed by atoms with van der Waals surface area (Å²) in [5.74, 6) is -0.200. The number of nitrogens with one attached hydrogen (secondary N) is 2. The Hall–Kier alpha value is -1.72. The van der Waals surface area contributed by atoms with Crippen molar-refractivity contribution >= 4 is 23.2 Å². The lowest BCUT2D eigenvalue weighted by Gasteiger charge is -2.04. The molecule has 0 saturated heterocycles. The van der Waals surface area contributed by atoms with Crippen LogP contribution in [0.5, 0.6) is 0 Å². The molecule has 126 valence electrons. The first kappa shape index (κ1) is 20.3. The molecule has 0 aliphatic heterocycles. The van der Waals surface area contributed by atoms with Gasteiger partial charge in [0.25, 0.3) is 0 Å². The van der Waals surface area contributed by atoms with E-state index in [-0.39, 0.29) is 11.8 Å². The van der Waals surface area contributed by atoms with Crippen molar-refractivity contribution in [3.63, 3.8) is 0 Å². The van der Waals surface area contributed by atoms with Gasteiger partial charge in [-0.2, -0.15) is 10.2 Å². The zero-order valence-corrected chi connectivity index (χ0v) is 14.4. The van der Waals surface area contributed by atoms with Gasteiger partial charge in [0.2, 0.25) is 11.8 Å². The molecule has 0 aromatic carbocycles. The van der Waals surface area contributed by atoms with E-state index in [0.29, 0.717) is 25.7 Å². The standard InChI is InChI=1S/C16H30N4O2/c1-5-13(6-2)17-19-15(21)11-9-10-12-16(22)20-18-14(7-3)8-4/h5-12H2,1-4H3,(H,19,21)(H,20,22). The summed E-state index contributed by atoms with van der Waals surface area (Å²) in [4.78, 5) is 23.2. The van der Waals surface area contributed by atoms with E-state index in [0.717, 1.165) is 37.1 Å². The number of nitrogens with zero attached hydrogens (tertiary/aromatic N) is 2. The van der Waals surface area contributed by atoms with E-state index in [1.807, 2.05) is 27.7 Å². The van der Waals surface area contributed by atoms with Crippen molar-refractivity contribution in [3.8, 4) is 0 Å². The fourth-order valence-electron chi connectivity index (χ4n) is 1.78. The maximum Gasteiger partial charge on any atom is 0.240 e. The predicted octanol–water partition coefficient (Wildman–Crippen LogP) is 3.13. The summed E-state index contributed by atoms with van der Waals surface area (Å²) in [5, 5.41) is 8.12. The van der Waals surface area contributed by atoms with Crippen molar-refractivity contribution < 1.29 is 9.59 Å². The normalized spacial score (nSPS) is 9.82. The van der Waals surface area contributed by atoms with Gasteiger partial charge in [0, 0.05) is 24.3 Å². The van der Waals surface area contributed by atoms with Crippen molar-refractivity contribution in [2.24, 2.45) is 10.2 Å². The number of rotatable bonds is 11. The summed E-state index contributed by atoms with van der Waals surface area (Å²) in [7, 11) is 0. The number of amides is 2. The van der Waals surface area contributed by atoms with Crippen LogP contribution in [0, 0.1) is 0 Å². The minimum absolute atomic E-state index is 0.0999. The van der Waals surface area contributed by atoms with E-state index in [1.54, 1.807) is 0 Å². The molecule has 0 aliphatic rings. The van der Waals surface area contributed by atoms with E-state index < -0.39 is 0 Å². The Morgan fingerprint density at radius 2 is 1.00 bits per heavy atom. The summed E-state index contributed by atoms with van der Waals surface area (Å²) in [6.45, 7) is 8.05. The Morgan fingerprint density at radius 3 is 1.27 bits per heavy atom. The zero-order valence-electron chi connectivity index (χ0n) is 14.4. The molecule has 0 atom stereocenters. The molecule has 0 aromatic heterocycles. The Morgan fingerprint density at radius 1 is 0.682 bits per heavy atom. The van der Waals surface area contributed by atoms with Crippen molar-refractivity contribution in [1.29, 1.82) is 0 Å². The topological polar surface area (TPSA) is 82.9 Å².